The van der Waals surface area contributed by atoms with Crippen LogP contribution in [0.4, 0.5) is 10.2 Å². The Balaban J connectivity index is 1.70. The molecule has 0 bridgehead atoms. The molecule has 28 heavy (non-hydrogen) atoms. The maximum atomic E-state index is 14.2. The molecule has 4 rings (SSSR count). The van der Waals surface area contributed by atoms with Gasteiger partial charge in [0.1, 0.15) is 17.3 Å². The van der Waals surface area contributed by atoms with Gasteiger partial charge in [-0.1, -0.05) is 49.4 Å². The minimum absolute atomic E-state index is 0.0973. The molecule has 7 heteroatoms. The van der Waals surface area contributed by atoms with Crippen molar-refractivity contribution >= 4 is 22.6 Å². The summed E-state index contributed by atoms with van der Waals surface area (Å²) in [5.74, 6) is -0.551. The van der Waals surface area contributed by atoms with Crippen molar-refractivity contribution in [2.45, 2.75) is 19.8 Å². The highest BCUT2D eigenvalue weighted by molar-refractivity contribution is 6.03. The lowest BCUT2D eigenvalue weighted by Crippen LogP contribution is -2.17. The van der Waals surface area contributed by atoms with Crippen LogP contribution >= 0.6 is 0 Å². The number of hydrogen-bond acceptors (Lipinski definition) is 4. The lowest BCUT2D eigenvalue weighted by molar-refractivity contribution is 0.102. The van der Waals surface area contributed by atoms with Crippen molar-refractivity contribution in [3.8, 4) is 5.69 Å². The molecular formula is C21H18FN5O. The second-order valence-corrected chi connectivity index (χ2v) is 6.68. The number of hydrogen-bond donors (Lipinski definition) is 1. The van der Waals surface area contributed by atoms with E-state index >= 15 is 0 Å². The lowest BCUT2D eigenvalue weighted by atomic mass is 10.1. The van der Waals surface area contributed by atoms with E-state index < -0.39 is 11.7 Å². The summed E-state index contributed by atoms with van der Waals surface area (Å²) < 4.78 is 15.6. The van der Waals surface area contributed by atoms with Crippen LogP contribution in [0.25, 0.3) is 16.6 Å². The number of aromatic nitrogens is 4. The third-order valence-corrected chi connectivity index (χ3v) is 4.39. The molecule has 140 valence electrons. The average molecular weight is 375 g/mol. The molecule has 2 heterocycles. The molecule has 2 aromatic heterocycles. The maximum absolute atomic E-state index is 14.2. The number of carbonyl (C=O) groups excluding carboxylic acids is 1. The Morgan fingerprint density at radius 3 is 2.57 bits per heavy atom. The van der Waals surface area contributed by atoms with Gasteiger partial charge in [-0.25, -0.2) is 14.1 Å². The molecule has 0 aliphatic rings. The van der Waals surface area contributed by atoms with E-state index in [9.17, 15) is 9.18 Å². The Morgan fingerprint density at radius 1 is 1.04 bits per heavy atom. The molecule has 0 aliphatic heterocycles. The summed E-state index contributed by atoms with van der Waals surface area (Å²) in [7, 11) is 0. The predicted molar refractivity (Wildman–Crippen MR) is 105 cm³/mol. The van der Waals surface area contributed by atoms with Crippen LogP contribution in [-0.4, -0.2) is 25.9 Å². The predicted octanol–water partition coefficient (Wildman–Crippen LogP) is 4.33. The number of carbonyl (C=O) groups is 1. The summed E-state index contributed by atoms with van der Waals surface area (Å²) >= 11 is 0. The third kappa shape index (κ3) is 3.22. The van der Waals surface area contributed by atoms with Crippen LogP contribution in [0.2, 0.25) is 0 Å². The first kappa shape index (κ1) is 17.8. The molecule has 0 spiro atoms. The van der Waals surface area contributed by atoms with Gasteiger partial charge in [-0.3, -0.25) is 4.79 Å². The van der Waals surface area contributed by atoms with Crippen LogP contribution in [0.5, 0.6) is 0 Å². The van der Waals surface area contributed by atoms with E-state index in [1.165, 1.54) is 10.7 Å². The number of nitrogens with zero attached hydrogens (tertiary/aromatic N) is 4. The molecule has 0 fully saturated rings. The van der Waals surface area contributed by atoms with E-state index in [4.69, 9.17) is 0 Å². The molecule has 0 unspecified atom stereocenters. The minimum atomic E-state index is -0.436. The average Bonchev–Trinajstić information content (AvgIpc) is 3.13. The largest absolute Gasteiger partial charge is 0.305 e. The lowest BCUT2D eigenvalue weighted by Gasteiger charge is -2.11. The summed E-state index contributed by atoms with van der Waals surface area (Å²) in [4.78, 5) is 17.3. The Hall–Kier alpha value is -3.61. The van der Waals surface area contributed by atoms with E-state index in [-0.39, 0.29) is 17.3 Å². The van der Waals surface area contributed by atoms with E-state index in [0.717, 1.165) is 10.9 Å². The molecule has 2 aromatic carbocycles. The zero-order valence-electron chi connectivity index (χ0n) is 15.4. The number of anilines is 1. The highest BCUT2D eigenvalue weighted by Gasteiger charge is 2.24. The smallest absolute Gasteiger partial charge is 0.279 e. The summed E-state index contributed by atoms with van der Waals surface area (Å²) in [5, 5.41) is 11.8. The van der Waals surface area contributed by atoms with Crippen LogP contribution in [0.1, 0.15) is 35.9 Å². The summed E-state index contributed by atoms with van der Waals surface area (Å²) in [5.41, 5.74) is 1.71. The Kier molecular flexibility index (Phi) is 4.57. The van der Waals surface area contributed by atoms with Gasteiger partial charge in [-0.05, 0) is 36.2 Å². The Morgan fingerprint density at radius 2 is 1.79 bits per heavy atom. The number of rotatable bonds is 4. The number of pyridine rings is 1. The Bertz CT molecular complexity index is 1170. The second-order valence-electron chi connectivity index (χ2n) is 6.68. The van der Waals surface area contributed by atoms with Gasteiger partial charge in [0.2, 0.25) is 0 Å². The number of fused-ring (bicyclic) bond motifs is 1. The summed E-state index contributed by atoms with van der Waals surface area (Å²) in [6, 6.07) is 17.5. The van der Waals surface area contributed by atoms with Gasteiger partial charge in [0.25, 0.3) is 5.91 Å². The zero-order chi connectivity index (χ0) is 19.7. The number of benzene rings is 2. The van der Waals surface area contributed by atoms with Gasteiger partial charge in [0.05, 0.1) is 11.2 Å². The normalized spacial score (nSPS) is 11.1. The summed E-state index contributed by atoms with van der Waals surface area (Å²) in [6.07, 6.45) is 0. The standard InChI is InChI=1S/C21H18FN5O/c1-13(2)20-19(25-26-27(20)17-10-6-4-8-15(17)22)21(28)24-18-12-11-14-7-3-5-9-16(14)23-18/h3-13H,1-2H3,(H,23,24,28). The van der Waals surface area contributed by atoms with Gasteiger partial charge in [-0.2, -0.15) is 0 Å². The van der Waals surface area contributed by atoms with Gasteiger partial charge in [0, 0.05) is 5.39 Å². The molecular weight excluding hydrogens is 357 g/mol. The first-order valence-corrected chi connectivity index (χ1v) is 8.92. The van der Waals surface area contributed by atoms with Gasteiger partial charge < -0.3 is 5.32 Å². The van der Waals surface area contributed by atoms with Crippen LogP contribution in [0, 0.1) is 5.82 Å². The number of para-hydroxylation sites is 2. The van der Waals surface area contributed by atoms with Crippen LogP contribution in [-0.2, 0) is 0 Å². The van der Waals surface area contributed by atoms with Crippen molar-refractivity contribution < 1.29 is 9.18 Å². The molecule has 1 amide bonds. The van der Waals surface area contributed by atoms with Crippen LogP contribution in [0.15, 0.2) is 60.7 Å². The van der Waals surface area contributed by atoms with Crippen molar-refractivity contribution in [2.24, 2.45) is 0 Å². The van der Waals surface area contributed by atoms with Crippen LogP contribution in [0.3, 0.4) is 0 Å². The SMILES string of the molecule is CC(C)c1c(C(=O)Nc2ccc3ccccc3n2)nnn1-c1ccccc1F. The highest BCUT2D eigenvalue weighted by atomic mass is 19.1. The molecule has 0 atom stereocenters. The van der Waals surface area contributed by atoms with E-state index in [1.54, 1.807) is 24.3 Å². The fourth-order valence-corrected chi connectivity index (χ4v) is 3.08. The van der Waals surface area contributed by atoms with Crippen molar-refractivity contribution in [1.29, 1.82) is 0 Å². The van der Waals surface area contributed by atoms with Crippen molar-refractivity contribution in [1.82, 2.24) is 20.0 Å². The first-order valence-electron chi connectivity index (χ1n) is 8.92. The fraction of sp³-hybridized carbons (Fsp3) is 0.143. The van der Waals surface area contributed by atoms with E-state index in [1.807, 2.05) is 44.2 Å². The van der Waals surface area contributed by atoms with Gasteiger partial charge in [0.15, 0.2) is 5.69 Å². The van der Waals surface area contributed by atoms with Crippen molar-refractivity contribution in [2.75, 3.05) is 5.32 Å². The third-order valence-electron chi connectivity index (χ3n) is 4.39. The van der Waals surface area contributed by atoms with Crippen LogP contribution < -0.4 is 5.32 Å². The molecule has 0 saturated carbocycles. The fourth-order valence-electron chi connectivity index (χ4n) is 3.08. The van der Waals surface area contributed by atoms with Gasteiger partial charge >= 0.3 is 0 Å². The van der Waals surface area contributed by atoms with Crippen molar-refractivity contribution in [3.05, 3.63) is 77.9 Å². The molecule has 4 aromatic rings. The number of amides is 1. The molecule has 0 radical (unpaired) electrons. The molecule has 0 saturated heterocycles. The van der Waals surface area contributed by atoms with Gasteiger partial charge in [-0.15, -0.1) is 5.10 Å². The van der Waals surface area contributed by atoms with E-state index in [0.29, 0.717) is 11.5 Å². The second kappa shape index (κ2) is 7.19. The molecule has 1 N–H and O–H groups in total. The van der Waals surface area contributed by atoms with E-state index in [2.05, 4.69) is 20.6 Å². The van der Waals surface area contributed by atoms with Crippen molar-refractivity contribution in [3.63, 3.8) is 0 Å². The number of halogens is 1. The maximum Gasteiger partial charge on any atom is 0.279 e. The topological polar surface area (TPSA) is 72.7 Å². The number of nitrogens with one attached hydrogen (secondary N) is 1. The quantitative estimate of drug-likeness (QED) is 0.576. The Labute approximate surface area is 161 Å². The molecule has 0 aliphatic carbocycles. The zero-order valence-corrected chi connectivity index (χ0v) is 15.4. The minimum Gasteiger partial charge on any atom is -0.305 e. The molecule has 6 nitrogen and oxygen atoms in total. The summed E-state index contributed by atoms with van der Waals surface area (Å²) in [6.45, 7) is 3.81. The first-order chi connectivity index (χ1) is 13.5. The monoisotopic (exact) mass is 375 g/mol. The highest BCUT2D eigenvalue weighted by Crippen LogP contribution is 2.24.